The van der Waals surface area contributed by atoms with Crippen LogP contribution in [0.4, 0.5) is 10.1 Å². The molecular formula is C24H22ClFN2O3S. The first-order chi connectivity index (χ1) is 15.3. The van der Waals surface area contributed by atoms with Crippen LogP contribution in [0.2, 0.25) is 5.02 Å². The summed E-state index contributed by atoms with van der Waals surface area (Å²) >= 11 is 5.92. The lowest BCUT2D eigenvalue weighted by Gasteiger charge is -2.27. The van der Waals surface area contributed by atoms with Crippen LogP contribution in [0.5, 0.6) is 0 Å². The minimum atomic E-state index is -4.01. The van der Waals surface area contributed by atoms with E-state index in [2.05, 4.69) is 0 Å². The number of amides is 1. The molecule has 1 atom stereocenters. The lowest BCUT2D eigenvalue weighted by atomic mass is 10.1. The number of hydrogen-bond acceptors (Lipinski definition) is 3. The van der Waals surface area contributed by atoms with Crippen LogP contribution in [0.3, 0.4) is 0 Å². The van der Waals surface area contributed by atoms with Gasteiger partial charge in [0.1, 0.15) is 5.82 Å². The second-order valence-corrected chi connectivity index (χ2v) is 10.2. The van der Waals surface area contributed by atoms with Crippen molar-refractivity contribution in [3.05, 3.63) is 94.8 Å². The Balaban J connectivity index is 1.67. The largest absolute Gasteiger partial charge is 0.308 e. The number of nitrogens with zero attached hydrogens (tertiary/aromatic N) is 2. The fourth-order valence-electron chi connectivity index (χ4n) is 3.95. The van der Waals surface area contributed by atoms with Gasteiger partial charge in [0.15, 0.2) is 0 Å². The first kappa shape index (κ1) is 22.5. The van der Waals surface area contributed by atoms with Crippen molar-refractivity contribution in [2.75, 3.05) is 11.4 Å². The van der Waals surface area contributed by atoms with Crippen LogP contribution in [0.1, 0.15) is 18.1 Å². The van der Waals surface area contributed by atoms with E-state index in [-0.39, 0.29) is 29.9 Å². The molecule has 1 aliphatic rings. The molecule has 0 unspecified atom stereocenters. The van der Waals surface area contributed by atoms with E-state index in [1.54, 1.807) is 4.90 Å². The highest BCUT2D eigenvalue weighted by atomic mass is 35.5. The molecule has 0 spiro atoms. The molecule has 1 aliphatic heterocycles. The highest BCUT2D eigenvalue weighted by molar-refractivity contribution is 7.89. The van der Waals surface area contributed by atoms with Crippen LogP contribution >= 0.6 is 11.6 Å². The van der Waals surface area contributed by atoms with Crippen LogP contribution in [-0.4, -0.2) is 31.2 Å². The summed E-state index contributed by atoms with van der Waals surface area (Å²) in [6.07, 6.45) is 0.712. The SMILES string of the molecule is C[C@@H]1Cc2ccccc2N1C(=O)CN(Cc1ccc(F)cc1)S(=O)(=O)c1ccc(Cl)cc1. The van der Waals surface area contributed by atoms with Crippen molar-refractivity contribution in [3.63, 3.8) is 0 Å². The number of carbonyl (C=O) groups is 1. The van der Waals surface area contributed by atoms with E-state index in [1.807, 2.05) is 31.2 Å². The number of benzene rings is 3. The number of sulfonamides is 1. The Bertz CT molecular complexity index is 1230. The molecule has 0 N–H and O–H groups in total. The van der Waals surface area contributed by atoms with Crippen LogP contribution in [0.15, 0.2) is 77.7 Å². The Morgan fingerprint density at radius 1 is 1.06 bits per heavy atom. The molecule has 0 fully saturated rings. The summed E-state index contributed by atoms with van der Waals surface area (Å²) in [5.41, 5.74) is 2.43. The minimum Gasteiger partial charge on any atom is -0.308 e. The van der Waals surface area contributed by atoms with Gasteiger partial charge in [0.25, 0.3) is 0 Å². The molecule has 32 heavy (non-hydrogen) atoms. The molecule has 0 saturated carbocycles. The third-order valence-corrected chi connectivity index (χ3v) is 7.57. The standard InChI is InChI=1S/C24H22ClFN2O3S/c1-17-14-19-4-2-3-5-23(19)28(17)24(29)16-27(15-18-6-10-21(26)11-7-18)32(30,31)22-12-8-20(25)9-13-22/h2-13,17H,14-16H2,1H3/t17-/m1/s1. The molecule has 5 nitrogen and oxygen atoms in total. The van der Waals surface area contributed by atoms with Crippen LogP contribution in [-0.2, 0) is 27.8 Å². The molecule has 0 bridgehead atoms. The molecule has 0 radical (unpaired) electrons. The highest BCUT2D eigenvalue weighted by Crippen LogP contribution is 2.32. The third kappa shape index (κ3) is 4.55. The van der Waals surface area contributed by atoms with Crippen LogP contribution in [0, 0.1) is 5.82 Å². The van der Waals surface area contributed by atoms with Crippen molar-refractivity contribution in [2.24, 2.45) is 0 Å². The third-order valence-electron chi connectivity index (χ3n) is 5.51. The van der Waals surface area contributed by atoms with Crippen molar-refractivity contribution < 1.29 is 17.6 Å². The van der Waals surface area contributed by atoms with Crippen molar-refractivity contribution in [1.29, 1.82) is 0 Å². The summed E-state index contributed by atoms with van der Waals surface area (Å²) in [5.74, 6) is -0.735. The monoisotopic (exact) mass is 472 g/mol. The quantitative estimate of drug-likeness (QED) is 0.524. The summed E-state index contributed by atoms with van der Waals surface area (Å²) in [5, 5.41) is 0.410. The van der Waals surface area contributed by atoms with Gasteiger partial charge in [-0.1, -0.05) is 41.9 Å². The van der Waals surface area contributed by atoms with Gasteiger partial charge in [-0.15, -0.1) is 0 Å². The Kier molecular flexibility index (Phi) is 6.33. The summed E-state index contributed by atoms with van der Waals surface area (Å²) in [6.45, 7) is 1.53. The Hall–Kier alpha value is -2.74. The molecule has 0 aliphatic carbocycles. The molecule has 8 heteroatoms. The van der Waals surface area contributed by atoms with Gasteiger partial charge in [0.05, 0.1) is 11.4 Å². The van der Waals surface area contributed by atoms with E-state index in [0.717, 1.165) is 15.6 Å². The zero-order valence-corrected chi connectivity index (χ0v) is 19.0. The first-order valence-electron chi connectivity index (χ1n) is 10.2. The molecule has 166 valence electrons. The number of hydrogen-bond donors (Lipinski definition) is 0. The van der Waals surface area contributed by atoms with E-state index in [1.165, 1.54) is 48.5 Å². The second kappa shape index (κ2) is 9.02. The summed E-state index contributed by atoms with van der Waals surface area (Å²) in [7, 11) is -4.01. The van der Waals surface area contributed by atoms with Gasteiger partial charge < -0.3 is 4.90 Å². The fourth-order valence-corrected chi connectivity index (χ4v) is 5.45. The van der Waals surface area contributed by atoms with Gasteiger partial charge in [0.2, 0.25) is 15.9 Å². The van der Waals surface area contributed by atoms with Gasteiger partial charge in [-0.25, -0.2) is 12.8 Å². The zero-order chi connectivity index (χ0) is 22.9. The van der Waals surface area contributed by atoms with Gasteiger partial charge in [0, 0.05) is 23.3 Å². The maximum Gasteiger partial charge on any atom is 0.243 e. The number of para-hydroxylation sites is 1. The van der Waals surface area contributed by atoms with Crippen molar-refractivity contribution in [3.8, 4) is 0 Å². The highest BCUT2D eigenvalue weighted by Gasteiger charge is 2.34. The normalized spacial score (nSPS) is 15.8. The zero-order valence-electron chi connectivity index (χ0n) is 17.4. The maximum absolute atomic E-state index is 13.4. The van der Waals surface area contributed by atoms with E-state index >= 15 is 0 Å². The lowest BCUT2D eigenvalue weighted by molar-refractivity contribution is -0.119. The topological polar surface area (TPSA) is 57.7 Å². The van der Waals surface area contributed by atoms with E-state index in [4.69, 9.17) is 11.6 Å². The van der Waals surface area contributed by atoms with Crippen LogP contribution < -0.4 is 4.90 Å². The molecule has 1 heterocycles. The molecule has 3 aromatic rings. The Labute approximate surface area is 192 Å². The van der Waals surface area contributed by atoms with Crippen molar-refractivity contribution in [2.45, 2.75) is 30.8 Å². The average Bonchev–Trinajstić information content (AvgIpc) is 3.10. The molecule has 3 aromatic carbocycles. The molecule has 0 aromatic heterocycles. The predicted molar refractivity (Wildman–Crippen MR) is 123 cm³/mol. The van der Waals surface area contributed by atoms with E-state index in [9.17, 15) is 17.6 Å². The van der Waals surface area contributed by atoms with Crippen molar-refractivity contribution >= 4 is 33.2 Å². The number of carbonyl (C=O) groups excluding carboxylic acids is 1. The maximum atomic E-state index is 13.4. The average molecular weight is 473 g/mol. The molecule has 0 saturated heterocycles. The summed E-state index contributed by atoms with van der Waals surface area (Å²) in [4.78, 5) is 15.0. The van der Waals surface area contributed by atoms with Gasteiger partial charge in [-0.3, -0.25) is 4.79 Å². The number of fused-ring (bicyclic) bond motifs is 1. The first-order valence-corrected chi connectivity index (χ1v) is 12.0. The number of halogens is 2. The Morgan fingerprint density at radius 2 is 1.72 bits per heavy atom. The number of rotatable bonds is 6. The van der Waals surface area contributed by atoms with E-state index < -0.39 is 15.8 Å². The van der Waals surface area contributed by atoms with Gasteiger partial charge in [-0.05, 0) is 66.9 Å². The van der Waals surface area contributed by atoms with Gasteiger partial charge in [-0.2, -0.15) is 4.31 Å². The molecule has 4 rings (SSSR count). The summed E-state index contributed by atoms with van der Waals surface area (Å²) in [6, 6.07) is 18.9. The second-order valence-electron chi connectivity index (χ2n) is 7.80. The smallest absolute Gasteiger partial charge is 0.243 e. The number of anilines is 1. The fraction of sp³-hybridized carbons (Fsp3) is 0.208. The van der Waals surface area contributed by atoms with Crippen LogP contribution in [0.25, 0.3) is 0 Å². The predicted octanol–water partition coefficient (Wildman–Crippen LogP) is 4.65. The lowest BCUT2D eigenvalue weighted by Crippen LogP contribution is -2.44. The van der Waals surface area contributed by atoms with Gasteiger partial charge >= 0.3 is 0 Å². The minimum absolute atomic E-state index is 0.0340. The summed E-state index contributed by atoms with van der Waals surface area (Å²) < 4.78 is 41.3. The van der Waals surface area contributed by atoms with Crippen molar-refractivity contribution in [1.82, 2.24) is 4.31 Å². The molecular weight excluding hydrogens is 451 g/mol. The Morgan fingerprint density at radius 3 is 2.41 bits per heavy atom. The molecule has 1 amide bonds. The van der Waals surface area contributed by atoms with E-state index in [0.29, 0.717) is 17.0 Å².